The molecule has 0 saturated carbocycles. The molecule has 3 heterocycles. The highest BCUT2D eigenvalue weighted by Crippen LogP contribution is 2.30. The van der Waals surface area contributed by atoms with Gasteiger partial charge in [-0.2, -0.15) is 0 Å². The molecule has 2 aliphatic rings. The summed E-state index contributed by atoms with van der Waals surface area (Å²) >= 11 is 0. The first-order valence-electron chi connectivity index (χ1n) is 8.95. The zero-order valence-electron chi connectivity index (χ0n) is 14.2. The van der Waals surface area contributed by atoms with Gasteiger partial charge in [0, 0.05) is 13.1 Å². The first kappa shape index (κ1) is 16.5. The van der Waals surface area contributed by atoms with E-state index in [1.807, 2.05) is 4.90 Å². The van der Waals surface area contributed by atoms with E-state index >= 15 is 0 Å². The number of H-pyrrole nitrogens is 1. The van der Waals surface area contributed by atoms with Crippen LogP contribution in [0.1, 0.15) is 31.1 Å². The minimum Gasteiger partial charge on any atom is -0.378 e. The third-order valence-corrected chi connectivity index (χ3v) is 5.09. The molecule has 0 radical (unpaired) electrons. The number of carbonyl (C=O) groups is 1. The molecule has 6 nitrogen and oxygen atoms in total. The van der Waals surface area contributed by atoms with Gasteiger partial charge in [0.1, 0.15) is 11.6 Å². The van der Waals surface area contributed by atoms with Gasteiger partial charge < -0.3 is 14.6 Å². The number of piperidine rings is 1. The monoisotopic (exact) mass is 346 g/mol. The highest BCUT2D eigenvalue weighted by Gasteiger charge is 2.29. The summed E-state index contributed by atoms with van der Waals surface area (Å²) in [6, 6.07) is 4.66. The van der Waals surface area contributed by atoms with Crippen LogP contribution in [0.25, 0.3) is 11.0 Å². The van der Waals surface area contributed by atoms with Crippen molar-refractivity contribution in [1.82, 2.24) is 19.8 Å². The van der Waals surface area contributed by atoms with Crippen molar-refractivity contribution in [3.8, 4) is 0 Å². The number of halogens is 1. The topological polar surface area (TPSA) is 61.5 Å². The Balaban J connectivity index is 1.52. The molecule has 2 aliphatic heterocycles. The molecule has 1 aromatic heterocycles. The van der Waals surface area contributed by atoms with Gasteiger partial charge in [0.25, 0.3) is 0 Å². The average molecular weight is 346 g/mol. The number of nitrogens with zero attached hydrogens (tertiary/aromatic N) is 3. The van der Waals surface area contributed by atoms with E-state index in [1.165, 1.54) is 12.1 Å². The summed E-state index contributed by atoms with van der Waals surface area (Å²) < 4.78 is 18.7. The summed E-state index contributed by atoms with van der Waals surface area (Å²) in [5.74, 6) is 0.707. The van der Waals surface area contributed by atoms with E-state index in [9.17, 15) is 9.18 Å². The third-order valence-electron chi connectivity index (χ3n) is 5.09. The zero-order chi connectivity index (χ0) is 17.2. The minimum atomic E-state index is -0.273. The van der Waals surface area contributed by atoms with Gasteiger partial charge in [0.2, 0.25) is 5.91 Å². The molecule has 1 aromatic carbocycles. The van der Waals surface area contributed by atoms with E-state index in [2.05, 4.69) is 14.9 Å². The first-order chi connectivity index (χ1) is 12.2. The Morgan fingerprint density at radius 1 is 1.28 bits per heavy atom. The smallest absolute Gasteiger partial charge is 0.236 e. The van der Waals surface area contributed by atoms with Gasteiger partial charge in [-0.3, -0.25) is 9.69 Å². The number of benzene rings is 1. The molecule has 0 unspecified atom stereocenters. The van der Waals surface area contributed by atoms with Crippen molar-refractivity contribution in [1.29, 1.82) is 0 Å². The van der Waals surface area contributed by atoms with Crippen LogP contribution < -0.4 is 0 Å². The predicted octanol–water partition coefficient (Wildman–Crippen LogP) is 2.09. The second-order valence-electron chi connectivity index (χ2n) is 6.76. The lowest BCUT2D eigenvalue weighted by Gasteiger charge is -2.36. The van der Waals surface area contributed by atoms with Crippen LogP contribution in [0.2, 0.25) is 0 Å². The van der Waals surface area contributed by atoms with Gasteiger partial charge >= 0.3 is 0 Å². The van der Waals surface area contributed by atoms with E-state index in [0.29, 0.717) is 38.4 Å². The second kappa shape index (κ2) is 7.09. The van der Waals surface area contributed by atoms with Gasteiger partial charge in [0.05, 0.1) is 36.8 Å². The van der Waals surface area contributed by atoms with Gasteiger partial charge in [-0.1, -0.05) is 6.42 Å². The predicted molar refractivity (Wildman–Crippen MR) is 91.6 cm³/mol. The van der Waals surface area contributed by atoms with Crippen LogP contribution in [0.5, 0.6) is 0 Å². The summed E-state index contributed by atoms with van der Waals surface area (Å²) in [5, 5.41) is 0. The Morgan fingerprint density at radius 2 is 2.12 bits per heavy atom. The number of amides is 1. The van der Waals surface area contributed by atoms with Crippen LogP contribution in [-0.2, 0) is 9.53 Å². The summed E-state index contributed by atoms with van der Waals surface area (Å²) in [4.78, 5) is 24.6. The van der Waals surface area contributed by atoms with Crippen molar-refractivity contribution in [3.63, 3.8) is 0 Å². The Kier molecular flexibility index (Phi) is 4.67. The summed E-state index contributed by atoms with van der Waals surface area (Å²) in [5.41, 5.74) is 1.47. The lowest BCUT2D eigenvalue weighted by molar-refractivity contribution is -0.137. The molecule has 4 rings (SSSR count). The number of morpholine rings is 1. The Hall–Kier alpha value is -1.99. The quantitative estimate of drug-likeness (QED) is 0.924. The molecule has 0 spiro atoms. The maximum Gasteiger partial charge on any atom is 0.236 e. The molecule has 1 amide bonds. The van der Waals surface area contributed by atoms with Gasteiger partial charge in [0.15, 0.2) is 0 Å². The zero-order valence-corrected chi connectivity index (χ0v) is 14.2. The first-order valence-corrected chi connectivity index (χ1v) is 8.95. The van der Waals surface area contributed by atoms with E-state index in [4.69, 9.17) is 4.74 Å². The van der Waals surface area contributed by atoms with Crippen LogP contribution in [0, 0.1) is 5.82 Å². The highest BCUT2D eigenvalue weighted by molar-refractivity contribution is 5.78. The maximum atomic E-state index is 13.4. The molecule has 1 N–H and O–H groups in total. The molecule has 0 bridgehead atoms. The van der Waals surface area contributed by atoms with Crippen molar-refractivity contribution < 1.29 is 13.9 Å². The fourth-order valence-corrected chi connectivity index (χ4v) is 3.74. The van der Waals surface area contributed by atoms with Crippen molar-refractivity contribution >= 4 is 16.9 Å². The maximum absolute atomic E-state index is 13.4. The number of hydrogen-bond donors (Lipinski definition) is 1. The SMILES string of the molecule is O=C(CN1CCCC[C@H]1c1nc2ccc(F)cc2[nH]1)N1CCOCC1. The minimum absolute atomic E-state index is 0.0780. The molecule has 7 heteroatoms. The van der Waals surface area contributed by atoms with Crippen LogP contribution in [0.4, 0.5) is 4.39 Å². The van der Waals surface area contributed by atoms with E-state index < -0.39 is 0 Å². The number of aromatic amines is 1. The van der Waals surface area contributed by atoms with Gasteiger partial charge in [-0.05, 0) is 37.6 Å². The normalized spacial score (nSPS) is 22.4. The van der Waals surface area contributed by atoms with E-state index in [1.54, 1.807) is 6.07 Å². The number of rotatable bonds is 3. The number of ether oxygens (including phenoxy) is 1. The summed E-state index contributed by atoms with van der Waals surface area (Å²) in [7, 11) is 0. The van der Waals surface area contributed by atoms with Gasteiger partial charge in [-0.25, -0.2) is 9.37 Å². The molecule has 2 aromatic rings. The molecule has 0 aliphatic carbocycles. The average Bonchev–Trinajstić information content (AvgIpc) is 3.06. The van der Waals surface area contributed by atoms with Crippen molar-refractivity contribution in [2.24, 2.45) is 0 Å². The number of aromatic nitrogens is 2. The lowest BCUT2D eigenvalue weighted by Crippen LogP contribution is -2.47. The third kappa shape index (κ3) is 3.52. The van der Waals surface area contributed by atoms with E-state index in [0.717, 1.165) is 37.1 Å². The lowest BCUT2D eigenvalue weighted by atomic mass is 10.0. The number of nitrogens with one attached hydrogen (secondary N) is 1. The summed E-state index contributed by atoms with van der Waals surface area (Å²) in [6.07, 6.45) is 3.15. The second-order valence-corrected chi connectivity index (χ2v) is 6.76. The highest BCUT2D eigenvalue weighted by atomic mass is 19.1. The number of likely N-dealkylation sites (tertiary alicyclic amines) is 1. The van der Waals surface area contributed by atoms with Crippen LogP contribution in [-0.4, -0.2) is 65.1 Å². The van der Waals surface area contributed by atoms with Crippen LogP contribution in [0.3, 0.4) is 0 Å². The number of carbonyl (C=O) groups excluding carboxylic acids is 1. The Labute approximate surface area is 146 Å². The van der Waals surface area contributed by atoms with Crippen molar-refractivity contribution in [3.05, 3.63) is 29.8 Å². The summed E-state index contributed by atoms with van der Waals surface area (Å²) in [6.45, 7) is 3.85. The van der Waals surface area contributed by atoms with Crippen molar-refractivity contribution in [2.45, 2.75) is 25.3 Å². The van der Waals surface area contributed by atoms with Crippen LogP contribution in [0.15, 0.2) is 18.2 Å². The molecular formula is C18H23FN4O2. The number of imidazole rings is 1. The fraction of sp³-hybridized carbons (Fsp3) is 0.556. The Bertz CT molecular complexity index is 757. The van der Waals surface area contributed by atoms with Crippen molar-refractivity contribution in [2.75, 3.05) is 39.4 Å². The molecule has 1 atom stereocenters. The largest absolute Gasteiger partial charge is 0.378 e. The van der Waals surface area contributed by atoms with Gasteiger partial charge in [-0.15, -0.1) is 0 Å². The molecular weight excluding hydrogens is 323 g/mol. The molecule has 2 fully saturated rings. The molecule has 25 heavy (non-hydrogen) atoms. The number of hydrogen-bond acceptors (Lipinski definition) is 4. The molecule has 2 saturated heterocycles. The fourth-order valence-electron chi connectivity index (χ4n) is 3.74. The standard InChI is InChI=1S/C18H23FN4O2/c19-13-4-5-14-15(11-13)21-18(20-14)16-3-1-2-6-23(16)12-17(24)22-7-9-25-10-8-22/h4-5,11,16H,1-3,6-10,12H2,(H,20,21)/t16-/m0/s1. The molecule has 134 valence electrons. The Morgan fingerprint density at radius 3 is 2.96 bits per heavy atom. The van der Waals surface area contributed by atoms with Crippen LogP contribution >= 0.6 is 0 Å². The number of fused-ring (bicyclic) bond motifs is 1. The van der Waals surface area contributed by atoms with E-state index in [-0.39, 0.29) is 17.8 Å².